The molecule has 2 rings (SSSR count). The van der Waals surface area contributed by atoms with E-state index >= 15 is 0 Å². The fraction of sp³-hybridized carbons (Fsp3) is 0.154. The monoisotopic (exact) mass is 286 g/mol. The molecule has 0 bridgehead atoms. The minimum absolute atomic E-state index is 0.0505. The van der Waals surface area contributed by atoms with Gasteiger partial charge in [0.05, 0.1) is 6.61 Å². The number of hydrogen-bond acceptors (Lipinski definition) is 8. The molecule has 1 aromatic heterocycles. The molecule has 2 heterocycles. The van der Waals surface area contributed by atoms with Gasteiger partial charge in [0.25, 0.3) is 5.90 Å². The zero-order valence-corrected chi connectivity index (χ0v) is 11.0. The Bertz CT molecular complexity index is 673. The molecule has 0 saturated carbocycles. The van der Waals surface area contributed by atoms with Gasteiger partial charge in [-0.25, -0.2) is 9.59 Å². The summed E-state index contributed by atoms with van der Waals surface area (Å²) in [6.45, 7) is 1.66. The number of ether oxygens (including phenoxy) is 2. The topological polar surface area (TPSA) is 114 Å². The second-order valence-corrected chi connectivity index (χ2v) is 3.72. The second-order valence-electron chi connectivity index (χ2n) is 3.72. The number of carbonyl (C=O) groups is 2. The van der Waals surface area contributed by atoms with Crippen LogP contribution < -0.4 is 5.43 Å². The molecule has 1 aromatic rings. The van der Waals surface area contributed by atoms with Gasteiger partial charge < -0.3 is 9.47 Å². The molecule has 0 aliphatic carbocycles. The van der Waals surface area contributed by atoms with E-state index in [4.69, 9.17) is 10.00 Å². The van der Waals surface area contributed by atoms with Crippen molar-refractivity contribution >= 4 is 17.8 Å². The fourth-order valence-electron chi connectivity index (χ4n) is 1.48. The first-order valence-corrected chi connectivity index (χ1v) is 5.96. The number of nitrogens with one attached hydrogen (secondary N) is 1. The first-order valence-electron chi connectivity index (χ1n) is 5.96. The Labute approximate surface area is 119 Å². The van der Waals surface area contributed by atoms with E-state index in [2.05, 4.69) is 20.2 Å². The maximum absolute atomic E-state index is 11.9. The Kier molecular flexibility index (Phi) is 4.26. The minimum atomic E-state index is -0.920. The number of pyridine rings is 1. The van der Waals surface area contributed by atoms with Gasteiger partial charge in [0.1, 0.15) is 11.8 Å². The van der Waals surface area contributed by atoms with Gasteiger partial charge in [-0.05, 0) is 19.1 Å². The Morgan fingerprint density at radius 1 is 1.52 bits per heavy atom. The number of cyclic esters (lactones) is 1. The van der Waals surface area contributed by atoms with Crippen molar-refractivity contribution in [1.29, 1.82) is 5.26 Å². The molecule has 0 amide bonds. The van der Waals surface area contributed by atoms with E-state index in [0.29, 0.717) is 5.69 Å². The van der Waals surface area contributed by atoms with Gasteiger partial charge in [0.15, 0.2) is 11.3 Å². The quantitative estimate of drug-likeness (QED) is 0.480. The summed E-state index contributed by atoms with van der Waals surface area (Å²) in [4.78, 5) is 27.4. The number of esters is 2. The zero-order chi connectivity index (χ0) is 15.2. The third-order valence-electron chi connectivity index (χ3n) is 2.39. The number of aromatic nitrogens is 1. The number of carbonyl (C=O) groups excluding carboxylic acids is 2. The molecule has 8 nitrogen and oxygen atoms in total. The van der Waals surface area contributed by atoms with Crippen molar-refractivity contribution in [2.45, 2.75) is 6.92 Å². The number of hydrogen-bond donors (Lipinski definition) is 1. The maximum Gasteiger partial charge on any atom is 0.364 e. The highest BCUT2D eigenvalue weighted by molar-refractivity contribution is 6.09. The van der Waals surface area contributed by atoms with E-state index in [0.717, 1.165) is 0 Å². The van der Waals surface area contributed by atoms with Gasteiger partial charge in [0.2, 0.25) is 0 Å². The normalized spacial score (nSPS) is 16.0. The molecule has 0 radical (unpaired) electrons. The van der Waals surface area contributed by atoms with Crippen LogP contribution in [0.1, 0.15) is 12.6 Å². The van der Waals surface area contributed by atoms with Crippen molar-refractivity contribution in [2.75, 3.05) is 6.61 Å². The van der Waals surface area contributed by atoms with Gasteiger partial charge in [-0.3, -0.25) is 10.4 Å². The third kappa shape index (κ3) is 3.03. The predicted molar refractivity (Wildman–Crippen MR) is 69.3 cm³/mol. The molecular weight excluding hydrogens is 276 g/mol. The average molecular weight is 286 g/mol. The van der Waals surface area contributed by atoms with Gasteiger partial charge in [-0.1, -0.05) is 6.07 Å². The van der Waals surface area contributed by atoms with Crippen molar-refractivity contribution in [2.24, 2.45) is 5.10 Å². The van der Waals surface area contributed by atoms with Crippen LogP contribution in [-0.2, 0) is 19.1 Å². The molecule has 0 saturated heterocycles. The van der Waals surface area contributed by atoms with Crippen molar-refractivity contribution in [3.8, 4) is 6.07 Å². The van der Waals surface area contributed by atoms with Crippen molar-refractivity contribution < 1.29 is 19.1 Å². The lowest BCUT2D eigenvalue weighted by Crippen LogP contribution is -2.32. The number of rotatable bonds is 3. The first-order chi connectivity index (χ1) is 10.2. The van der Waals surface area contributed by atoms with E-state index < -0.39 is 17.5 Å². The summed E-state index contributed by atoms with van der Waals surface area (Å²) < 4.78 is 9.65. The Morgan fingerprint density at radius 3 is 2.90 bits per heavy atom. The number of nitriles is 1. The molecule has 0 unspecified atom stereocenters. The predicted octanol–water partition coefficient (Wildman–Crippen LogP) is 0.230. The number of hydrazone groups is 1. The molecule has 0 atom stereocenters. The Balaban J connectivity index is 2.31. The van der Waals surface area contributed by atoms with Crippen LogP contribution in [0.5, 0.6) is 0 Å². The van der Waals surface area contributed by atoms with Crippen molar-refractivity contribution in [1.82, 2.24) is 10.4 Å². The Hall–Kier alpha value is -3.21. The average Bonchev–Trinajstić information content (AvgIpc) is 2.50. The van der Waals surface area contributed by atoms with E-state index in [1.165, 1.54) is 6.20 Å². The first kappa shape index (κ1) is 14.2. The van der Waals surface area contributed by atoms with Crippen LogP contribution in [0.4, 0.5) is 0 Å². The summed E-state index contributed by atoms with van der Waals surface area (Å²) >= 11 is 0. The smallest absolute Gasteiger partial charge is 0.364 e. The minimum Gasteiger partial charge on any atom is -0.462 e. The molecule has 106 valence electrons. The molecule has 1 aliphatic heterocycles. The van der Waals surface area contributed by atoms with Crippen LogP contribution in [0.2, 0.25) is 0 Å². The summed E-state index contributed by atoms with van der Waals surface area (Å²) in [5.41, 5.74) is 1.82. The third-order valence-corrected chi connectivity index (χ3v) is 2.39. The summed E-state index contributed by atoms with van der Waals surface area (Å²) in [6, 6.07) is 6.59. The lowest BCUT2D eigenvalue weighted by Gasteiger charge is -2.15. The lowest BCUT2D eigenvalue weighted by atomic mass is 10.2. The SMILES string of the molecule is CCOC(=O)/C(C#N)=C1/NN=C(c2ccccn2)OC1=O. The van der Waals surface area contributed by atoms with Crippen LogP contribution in [0.3, 0.4) is 0 Å². The highest BCUT2D eigenvalue weighted by Crippen LogP contribution is 2.12. The van der Waals surface area contributed by atoms with Crippen LogP contribution in [-0.4, -0.2) is 29.4 Å². The Morgan fingerprint density at radius 2 is 2.33 bits per heavy atom. The molecular formula is C13H10N4O4. The van der Waals surface area contributed by atoms with Gasteiger partial charge in [-0.2, -0.15) is 5.26 Å². The summed E-state index contributed by atoms with van der Waals surface area (Å²) in [5.74, 6) is -1.88. The molecule has 1 N–H and O–H groups in total. The van der Waals surface area contributed by atoms with Crippen LogP contribution in [0.25, 0.3) is 0 Å². The molecule has 0 aromatic carbocycles. The number of nitrogens with zero attached hydrogens (tertiary/aromatic N) is 3. The van der Waals surface area contributed by atoms with E-state index in [1.54, 1.807) is 31.2 Å². The molecule has 0 fully saturated rings. The molecule has 0 spiro atoms. The van der Waals surface area contributed by atoms with Crippen LogP contribution >= 0.6 is 0 Å². The summed E-state index contributed by atoms with van der Waals surface area (Å²) in [6.07, 6.45) is 1.51. The highest BCUT2D eigenvalue weighted by Gasteiger charge is 2.29. The second kappa shape index (κ2) is 6.29. The van der Waals surface area contributed by atoms with Crippen molar-refractivity contribution in [3.63, 3.8) is 0 Å². The van der Waals surface area contributed by atoms with E-state index in [1.807, 2.05) is 0 Å². The lowest BCUT2D eigenvalue weighted by molar-refractivity contribution is -0.139. The van der Waals surface area contributed by atoms with Crippen LogP contribution in [0, 0.1) is 11.3 Å². The standard InChI is InChI=1S/C13H10N4O4/c1-2-20-12(18)8(7-14)10-13(19)21-11(17-16-10)9-5-3-4-6-15-9/h3-6,16H,2H2,1H3/b10-8+. The molecule has 21 heavy (non-hydrogen) atoms. The highest BCUT2D eigenvalue weighted by atomic mass is 16.6. The van der Waals surface area contributed by atoms with Crippen LogP contribution in [0.15, 0.2) is 40.8 Å². The zero-order valence-electron chi connectivity index (χ0n) is 11.0. The van der Waals surface area contributed by atoms with Gasteiger partial charge >= 0.3 is 11.9 Å². The summed E-state index contributed by atoms with van der Waals surface area (Å²) in [5, 5.41) is 12.7. The van der Waals surface area contributed by atoms with Crippen molar-refractivity contribution in [3.05, 3.63) is 41.4 Å². The summed E-state index contributed by atoms with van der Waals surface area (Å²) in [7, 11) is 0. The van der Waals surface area contributed by atoms with E-state index in [9.17, 15) is 9.59 Å². The van der Waals surface area contributed by atoms with Gasteiger partial charge in [-0.15, -0.1) is 5.10 Å². The molecule has 1 aliphatic rings. The largest absolute Gasteiger partial charge is 0.462 e. The van der Waals surface area contributed by atoms with E-state index in [-0.39, 0.29) is 18.2 Å². The molecule has 8 heteroatoms. The van der Waals surface area contributed by atoms with Gasteiger partial charge in [0, 0.05) is 6.20 Å². The maximum atomic E-state index is 11.9. The fourth-order valence-corrected chi connectivity index (χ4v) is 1.48.